The zero-order valence-corrected chi connectivity index (χ0v) is 6.54. The van der Waals surface area contributed by atoms with Gasteiger partial charge in [-0.2, -0.15) is 0 Å². The number of alkyl halides is 1. The minimum atomic E-state index is -0.273. The van der Waals surface area contributed by atoms with Crippen LogP contribution in [0.3, 0.4) is 0 Å². The van der Waals surface area contributed by atoms with Crippen LogP contribution in [0.25, 0.3) is 0 Å². The molecule has 0 saturated heterocycles. The van der Waals surface area contributed by atoms with E-state index in [2.05, 4.69) is 20.1 Å². The Morgan fingerprint density at radius 1 is 1.75 bits per heavy atom. The van der Waals surface area contributed by atoms with Gasteiger partial charge in [-0.25, -0.2) is 0 Å². The van der Waals surface area contributed by atoms with Crippen LogP contribution in [0, 0.1) is 0 Å². The topological polar surface area (TPSA) is 26.3 Å². The molecule has 0 aromatic heterocycles. The van der Waals surface area contributed by atoms with E-state index in [-0.39, 0.29) is 5.97 Å². The average Bonchev–Trinajstić information content (AvgIpc) is 1.83. The molecule has 0 aliphatic heterocycles. The van der Waals surface area contributed by atoms with Crippen molar-refractivity contribution in [3.8, 4) is 0 Å². The molecule has 2 nitrogen and oxygen atoms in total. The molecule has 0 amide bonds. The predicted octanol–water partition coefficient (Wildman–Crippen LogP) is 1.86. The lowest BCUT2D eigenvalue weighted by molar-refractivity contribution is -0.132. The van der Waals surface area contributed by atoms with Crippen LogP contribution < -0.4 is 0 Å². The summed E-state index contributed by atoms with van der Waals surface area (Å²) in [4.78, 5) is 10.2. The molecule has 48 valence electrons. The van der Waals surface area contributed by atoms with Gasteiger partial charge in [0.25, 0.3) is 0 Å². The van der Waals surface area contributed by atoms with Crippen LogP contribution in [0.15, 0.2) is 0 Å². The number of halogens is 2. The van der Waals surface area contributed by atoms with Crippen molar-refractivity contribution in [1.29, 1.82) is 0 Å². The smallest absolute Gasteiger partial charge is 0.317 e. The third kappa shape index (κ3) is 4.40. The Balaban J connectivity index is 2.99. The summed E-state index contributed by atoms with van der Waals surface area (Å²) >= 11 is 7.83. The molecule has 0 heterocycles. The fourth-order valence-corrected chi connectivity index (χ4v) is 0.545. The Bertz CT molecular complexity index is 76.4. The number of hydrogen-bond donors (Lipinski definition) is 0. The highest BCUT2D eigenvalue weighted by Gasteiger charge is 1.97. The minimum Gasteiger partial charge on any atom is -0.384 e. The summed E-state index contributed by atoms with van der Waals surface area (Å²) in [7, 11) is 0. The lowest BCUT2D eigenvalue weighted by Gasteiger charge is -1.90. The van der Waals surface area contributed by atoms with Crippen molar-refractivity contribution in [2.75, 3.05) is 5.88 Å². The Hall–Kier alpha value is 0.240. The van der Waals surface area contributed by atoms with Crippen molar-refractivity contribution in [3.63, 3.8) is 0 Å². The van der Waals surface area contributed by atoms with Gasteiger partial charge in [-0.05, 0) is 6.42 Å². The second-order valence-corrected chi connectivity index (χ2v) is 1.94. The highest BCUT2D eigenvalue weighted by molar-refractivity contribution is 9.06. The van der Waals surface area contributed by atoms with E-state index in [9.17, 15) is 4.79 Å². The predicted molar refractivity (Wildman–Crippen MR) is 35.0 cm³/mol. The molecule has 0 unspecified atom stereocenters. The maximum absolute atomic E-state index is 10.2. The van der Waals surface area contributed by atoms with E-state index in [1.165, 1.54) is 0 Å². The summed E-state index contributed by atoms with van der Waals surface area (Å²) in [6.45, 7) is 0. The fourth-order valence-electron chi connectivity index (χ4n) is 0.250. The van der Waals surface area contributed by atoms with Gasteiger partial charge in [-0.1, -0.05) is 0 Å². The molecule has 0 bridgehead atoms. The normalized spacial score (nSPS) is 8.75. The molecule has 0 spiro atoms. The summed E-state index contributed by atoms with van der Waals surface area (Å²) in [5, 5.41) is 0. The van der Waals surface area contributed by atoms with E-state index in [0.29, 0.717) is 18.7 Å². The fraction of sp³-hybridized carbons (Fsp3) is 0.750. The van der Waals surface area contributed by atoms with Crippen molar-refractivity contribution < 1.29 is 8.62 Å². The van der Waals surface area contributed by atoms with E-state index in [0.717, 1.165) is 0 Å². The van der Waals surface area contributed by atoms with Crippen LogP contribution >= 0.6 is 27.9 Å². The van der Waals surface area contributed by atoms with Crippen LogP contribution in [-0.2, 0) is 8.62 Å². The van der Waals surface area contributed by atoms with Crippen LogP contribution in [0.4, 0.5) is 0 Å². The highest BCUT2D eigenvalue weighted by atomic mass is 79.9. The summed E-state index contributed by atoms with van der Waals surface area (Å²) < 4.78 is 4.17. The van der Waals surface area contributed by atoms with Crippen LogP contribution in [-0.4, -0.2) is 11.8 Å². The monoisotopic (exact) mass is 200 g/mol. The third-order valence-electron chi connectivity index (χ3n) is 0.601. The first-order valence-corrected chi connectivity index (χ1v) is 3.37. The van der Waals surface area contributed by atoms with Gasteiger partial charge in [0.1, 0.15) is 0 Å². The number of carbonyl (C=O) groups excluding carboxylic acids is 1. The van der Waals surface area contributed by atoms with Gasteiger partial charge < -0.3 is 3.83 Å². The van der Waals surface area contributed by atoms with E-state index in [1.807, 2.05) is 0 Å². The number of rotatable bonds is 3. The maximum atomic E-state index is 10.2. The largest absolute Gasteiger partial charge is 0.384 e. The van der Waals surface area contributed by atoms with Crippen molar-refractivity contribution in [1.82, 2.24) is 0 Å². The molecule has 0 atom stereocenters. The first kappa shape index (κ1) is 8.24. The zero-order valence-electron chi connectivity index (χ0n) is 4.19. The molecular weight excluding hydrogens is 195 g/mol. The Morgan fingerprint density at radius 2 is 2.38 bits per heavy atom. The molecular formula is C4H6BrClO2. The molecule has 0 N–H and O–H groups in total. The SMILES string of the molecule is O=C(CCCCl)OBr. The van der Waals surface area contributed by atoms with Crippen LogP contribution in [0.1, 0.15) is 12.8 Å². The van der Waals surface area contributed by atoms with Crippen LogP contribution in [0.5, 0.6) is 0 Å². The molecule has 0 aromatic carbocycles. The molecule has 0 saturated carbocycles. The summed E-state index contributed by atoms with van der Waals surface area (Å²) in [5.74, 6) is 0.230. The molecule has 0 aliphatic carbocycles. The van der Waals surface area contributed by atoms with Gasteiger partial charge in [0, 0.05) is 12.3 Å². The van der Waals surface area contributed by atoms with E-state index < -0.39 is 0 Å². The Kier molecular flexibility index (Phi) is 5.54. The molecule has 4 heteroatoms. The quantitative estimate of drug-likeness (QED) is 0.652. The van der Waals surface area contributed by atoms with Crippen molar-refractivity contribution >= 4 is 33.8 Å². The molecule has 0 aromatic rings. The second kappa shape index (κ2) is 5.38. The Labute approximate surface area is 61.6 Å². The maximum Gasteiger partial charge on any atom is 0.317 e. The summed E-state index contributed by atoms with van der Waals surface area (Å²) in [5.41, 5.74) is 0. The van der Waals surface area contributed by atoms with Gasteiger partial charge in [-0.15, -0.1) is 11.6 Å². The average molecular weight is 201 g/mol. The van der Waals surface area contributed by atoms with Gasteiger partial charge in [-0.3, -0.25) is 4.79 Å². The molecule has 0 rings (SSSR count). The Morgan fingerprint density at radius 3 is 2.75 bits per heavy atom. The van der Waals surface area contributed by atoms with Gasteiger partial charge in [0.05, 0.1) is 0 Å². The van der Waals surface area contributed by atoms with Crippen LogP contribution in [0.2, 0.25) is 0 Å². The van der Waals surface area contributed by atoms with Crippen molar-refractivity contribution in [2.24, 2.45) is 0 Å². The highest BCUT2D eigenvalue weighted by Crippen LogP contribution is 1.96. The first-order valence-electron chi connectivity index (χ1n) is 2.18. The van der Waals surface area contributed by atoms with E-state index >= 15 is 0 Å². The summed E-state index contributed by atoms with van der Waals surface area (Å²) in [6, 6.07) is 0. The van der Waals surface area contributed by atoms with Crippen molar-refractivity contribution in [2.45, 2.75) is 12.8 Å². The van der Waals surface area contributed by atoms with Gasteiger partial charge >= 0.3 is 5.97 Å². The second-order valence-electron chi connectivity index (χ2n) is 1.24. The molecule has 0 aliphatic rings. The number of hydrogen-bond acceptors (Lipinski definition) is 2. The third-order valence-corrected chi connectivity index (χ3v) is 1.23. The zero-order chi connectivity index (χ0) is 6.41. The molecule has 8 heavy (non-hydrogen) atoms. The lowest BCUT2D eigenvalue weighted by atomic mass is 10.3. The summed E-state index contributed by atoms with van der Waals surface area (Å²) in [6.07, 6.45) is 1.06. The first-order chi connectivity index (χ1) is 3.81. The lowest BCUT2D eigenvalue weighted by Crippen LogP contribution is -1.95. The minimum absolute atomic E-state index is 0.273. The number of carbonyl (C=O) groups is 1. The van der Waals surface area contributed by atoms with Crippen molar-refractivity contribution in [3.05, 3.63) is 0 Å². The van der Waals surface area contributed by atoms with E-state index in [1.54, 1.807) is 0 Å². The molecule has 0 radical (unpaired) electrons. The van der Waals surface area contributed by atoms with Gasteiger partial charge in [0.2, 0.25) is 0 Å². The molecule has 0 fully saturated rings. The van der Waals surface area contributed by atoms with E-state index in [4.69, 9.17) is 11.6 Å². The standard InChI is InChI=1S/C4H6BrClO2/c5-8-4(7)2-1-3-6/h1-3H2. The van der Waals surface area contributed by atoms with Gasteiger partial charge in [0.15, 0.2) is 16.3 Å².